The van der Waals surface area contributed by atoms with Gasteiger partial charge in [0.15, 0.2) is 0 Å². The van der Waals surface area contributed by atoms with Gasteiger partial charge in [0.25, 0.3) is 0 Å². The molecule has 23 heavy (non-hydrogen) atoms. The second-order valence-corrected chi connectivity index (χ2v) is 8.98. The minimum Gasteiger partial charge on any atom is -0.378 e. The fourth-order valence-corrected chi connectivity index (χ4v) is 4.84. The van der Waals surface area contributed by atoms with Gasteiger partial charge in [-0.2, -0.15) is 0 Å². The van der Waals surface area contributed by atoms with Crippen LogP contribution in [-0.4, -0.2) is 34.6 Å². The van der Waals surface area contributed by atoms with Gasteiger partial charge in [0.2, 0.25) is 10.0 Å². The summed E-state index contributed by atoms with van der Waals surface area (Å²) < 4.78 is 28.8. The number of nitrogens with one attached hydrogen (secondary N) is 1. The van der Waals surface area contributed by atoms with Crippen LogP contribution >= 0.6 is 28.3 Å². The van der Waals surface area contributed by atoms with Crippen LogP contribution in [0.1, 0.15) is 27.2 Å². The average molecular weight is 429 g/mol. The second kappa shape index (κ2) is 8.67. The van der Waals surface area contributed by atoms with Gasteiger partial charge in [0, 0.05) is 36.3 Å². The summed E-state index contributed by atoms with van der Waals surface area (Å²) in [6.45, 7) is 6.18. The molecule has 0 aromatic heterocycles. The molecule has 0 heterocycles. The number of hydrogen-bond acceptors (Lipinski definition) is 4. The van der Waals surface area contributed by atoms with Crippen molar-refractivity contribution in [1.82, 2.24) is 4.72 Å². The summed E-state index contributed by atoms with van der Waals surface area (Å²) in [5.74, 6) is 0.341. The molecule has 134 valence electrons. The van der Waals surface area contributed by atoms with Crippen LogP contribution in [0.4, 0.5) is 5.69 Å². The van der Waals surface area contributed by atoms with Crippen molar-refractivity contribution in [2.24, 2.45) is 11.7 Å². The van der Waals surface area contributed by atoms with E-state index in [-0.39, 0.29) is 23.8 Å². The lowest BCUT2D eigenvalue weighted by molar-refractivity contribution is 0.344. The van der Waals surface area contributed by atoms with Crippen molar-refractivity contribution in [3.05, 3.63) is 22.7 Å². The predicted octanol–water partition coefficient (Wildman–Crippen LogP) is 2.98. The molecule has 8 heteroatoms. The maximum atomic E-state index is 12.8. The van der Waals surface area contributed by atoms with Crippen molar-refractivity contribution >= 4 is 44.0 Å². The summed E-state index contributed by atoms with van der Waals surface area (Å²) in [5, 5.41) is 0. The molecule has 5 nitrogen and oxygen atoms in total. The molecule has 1 rings (SSSR count). The number of nitrogens with zero attached hydrogens (tertiary/aromatic N) is 1. The molecular formula is C15H27BrClN3O2S. The van der Waals surface area contributed by atoms with Gasteiger partial charge < -0.3 is 10.6 Å². The van der Waals surface area contributed by atoms with Crippen molar-refractivity contribution < 1.29 is 8.42 Å². The first-order chi connectivity index (χ1) is 10.0. The van der Waals surface area contributed by atoms with Crippen LogP contribution in [0.3, 0.4) is 0 Å². The van der Waals surface area contributed by atoms with E-state index in [1.807, 2.05) is 45.8 Å². The molecule has 0 aliphatic rings. The Kier molecular flexibility index (Phi) is 8.54. The molecule has 0 saturated heterocycles. The largest absolute Gasteiger partial charge is 0.378 e. The monoisotopic (exact) mass is 427 g/mol. The van der Waals surface area contributed by atoms with Crippen molar-refractivity contribution in [3.63, 3.8) is 0 Å². The zero-order valence-corrected chi connectivity index (χ0v) is 17.5. The lowest BCUT2D eigenvalue weighted by Gasteiger charge is -2.31. The van der Waals surface area contributed by atoms with Crippen molar-refractivity contribution in [3.8, 4) is 0 Å². The van der Waals surface area contributed by atoms with Gasteiger partial charge in [-0.3, -0.25) is 0 Å². The minimum atomic E-state index is -3.67. The Morgan fingerprint density at radius 1 is 1.35 bits per heavy atom. The average Bonchev–Trinajstić information content (AvgIpc) is 2.36. The lowest BCUT2D eigenvalue weighted by atomic mass is 9.92. The fraction of sp³-hybridized carbons (Fsp3) is 0.600. The zero-order chi connectivity index (χ0) is 17.1. The topological polar surface area (TPSA) is 75.4 Å². The number of nitrogens with two attached hydrogens (primary N) is 1. The van der Waals surface area contributed by atoms with Crippen LogP contribution in [-0.2, 0) is 10.0 Å². The SMILES string of the molecule is CC(C)CC(C)(CN)NS(=O)(=O)c1cc(N(C)C)ccc1Br.Cl. The number of benzene rings is 1. The number of anilines is 1. The summed E-state index contributed by atoms with van der Waals surface area (Å²) in [6, 6.07) is 5.25. The molecule has 0 bridgehead atoms. The minimum absolute atomic E-state index is 0. The van der Waals surface area contributed by atoms with Crippen LogP contribution in [0.5, 0.6) is 0 Å². The molecule has 0 saturated carbocycles. The highest BCUT2D eigenvalue weighted by atomic mass is 79.9. The Morgan fingerprint density at radius 3 is 2.35 bits per heavy atom. The highest BCUT2D eigenvalue weighted by Gasteiger charge is 2.31. The van der Waals surface area contributed by atoms with E-state index in [9.17, 15) is 8.42 Å². The molecule has 1 aromatic carbocycles. The van der Waals surface area contributed by atoms with Gasteiger partial charge >= 0.3 is 0 Å². The van der Waals surface area contributed by atoms with Crippen molar-refractivity contribution in [2.45, 2.75) is 37.6 Å². The van der Waals surface area contributed by atoms with E-state index in [2.05, 4.69) is 20.7 Å². The van der Waals surface area contributed by atoms with E-state index >= 15 is 0 Å². The summed E-state index contributed by atoms with van der Waals surface area (Å²) in [5.41, 5.74) is 5.96. The third kappa shape index (κ3) is 6.23. The van der Waals surface area contributed by atoms with E-state index in [0.29, 0.717) is 16.8 Å². The zero-order valence-electron chi connectivity index (χ0n) is 14.3. The van der Waals surface area contributed by atoms with E-state index in [1.165, 1.54) is 0 Å². The highest BCUT2D eigenvalue weighted by Crippen LogP contribution is 2.28. The summed E-state index contributed by atoms with van der Waals surface area (Å²) in [4.78, 5) is 2.09. The maximum Gasteiger partial charge on any atom is 0.242 e. The smallest absolute Gasteiger partial charge is 0.242 e. The maximum absolute atomic E-state index is 12.8. The van der Waals surface area contributed by atoms with E-state index in [4.69, 9.17) is 5.73 Å². The molecule has 0 fully saturated rings. The van der Waals surface area contributed by atoms with Crippen LogP contribution in [0.25, 0.3) is 0 Å². The van der Waals surface area contributed by atoms with E-state index in [0.717, 1.165) is 5.69 Å². The molecule has 0 aliphatic carbocycles. The fourth-order valence-electron chi connectivity index (χ4n) is 2.42. The molecule has 1 aromatic rings. The highest BCUT2D eigenvalue weighted by molar-refractivity contribution is 9.10. The molecule has 1 unspecified atom stereocenters. The summed E-state index contributed by atoms with van der Waals surface area (Å²) >= 11 is 3.33. The first kappa shape index (κ1) is 22.7. The van der Waals surface area contributed by atoms with E-state index in [1.54, 1.807) is 12.1 Å². The van der Waals surface area contributed by atoms with Gasteiger partial charge in [-0.15, -0.1) is 12.4 Å². The first-order valence-electron chi connectivity index (χ1n) is 7.21. The Bertz CT molecular complexity index is 623. The van der Waals surface area contributed by atoms with Gasteiger partial charge in [-0.25, -0.2) is 13.1 Å². The lowest BCUT2D eigenvalue weighted by Crippen LogP contribution is -2.52. The quantitative estimate of drug-likeness (QED) is 0.700. The standard InChI is InChI=1S/C15H26BrN3O2S.ClH/c1-11(2)9-15(3,10-17)18-22(20,21)14-8-12(19(4)5)6-7-13(14)16;/h6-8,11,18H,9-10,17H2,1-5H3;1H. The van der Waals surface area contributed by atoms with Crippen LogP contribution in [0.15, 0.2) is 27.6 Å². The summed E-state index contributed by atoms with van der Waals surface area (Å²) in [7, 11) is 0.0758. The van der Waals surface area contributed by atoms with Crippen molar-refractivity contribution in [1.29, 1.82) is 0 Å². The number of hydrogen-bond donors (Lipinski definition) is 2. The van der Waals surface area contributed by atoms with Crippen LogP contribution in [0, 0.1) is 5.92 Å². The molecular weight excluding hydrogens is 402 g/mol. The predicted molar refractivity (Wildman–Crippen MR) is 103 cm³/mol. The first-order valence-corrected chi connectivity index (χ1v) is 9.49. The normalized spacial score (nSPS) is 14.3. The van der Waals surface area contributed by atoms with Crippen LogP contribution < -0.4 is 15.4 Å². The van der Waals surface area contributed by atoms with E-state index < -0.39 is 15.6 Å². The third-order valence-corrected chi connectivity index (χ3v) is 6.04. The van der Waals surface area contributed by atoms with Gasteiger partial charge in [-0.05, 0) is 53.4 Å². The summed E-state index contributed by atoms with van der Waals surface area (Å²) in [6.07, 6.45) is 0.674. The Labute approximate surface area is 154 Å². The van der Waals surface area contributed by atoms with Crippen molar-refractivity contribution in [2.75, 3.05) is 25.5 Å². The van der Waals surface area contributed by atoms with Gasteiger partial charge in [0.05, 0.1) is 4.90 Å². The molecule has 1 atom stereocenters. The molecule has 0 spiro atoms. The Hall–Kier alpha value is -0.340. The van der Waals surface area contributed by atoms with Crippen LogP contribution in [0.2, 0.25) is 0 Å². The molecule has 0 aliphatic heterocycles. The number of halogens is 2. The molecule has 3 N–H and O–H groups in total. The van der Waals surface area contributed by atoms with Gasteiger partial charge in [-0.1, -0.05) is 13.8 Å². The van der Waals surface area contributed by atoms with Gasteiger partial charge in [0.1, 0.15) is 0 Å². The Morgan fingerprint density at radius 2 is 1.91 bits per heavy atom. The number of sulfonamides is 1. The number of rotatable bonds is 7. The molecule has 0 amide bonds. The third-order valence-electron chi connectivity index (χ3n) is 3.41. The second-order valence-electron chi connectivity index (χ2n) is 6.48. The Balaban J connectivity index is 0.00000484. The molecule has 0 radical (unpaired) electrons.